The van der Waals surface area contributed by atoms with Crippen LogP contribution in [0.5, 0.6) is 5.75 Å². The maximum absolute atomic E-state index is 10.7. The molecule has 14 heavy (non-hydrogen) atoms. The molecule has 0 unspecified atom stereocenters. The van der Waals surface area contributed by atoms with E-state index in [1.54, 1.807) is 11.4 Å². The number of phenols is 1. The first kappa shape index (κ1) is 9.30. The average Bonchev–Trinajstić information content (AvgIpc) is 2.59. The molecule has 0 saturated heterocycles. The topological polar surface area (TPSA) is 57.5 Å². The van der Waals surface area contributed by atoms with Crippen LogP contribution in [-0.4, -0.2) is 16.2 Å². The largest absolute Gasteiger partial charge is 0.506 e. The molecule has 72 valence electrons. The summed E-state index contributed by atoms with van der Waals surface area (Å²) in [6, 6.07) is 3.00. The number of thiophene rings is 1. The van der Waals surface area contributed by atoms with E-state index in [0.717, 1.165) is 0 Å². The van der Waals surface area contributed by atoms with Crippen molar-refractivity contribution < 1.29 is 15.0 Å². The van der Waals surface area contributed by atoms with Crippen LogP contribution < -0.4 is 0 Å². The van der Waals surface area contributed by atoms with Gasteiger partial charge < -0.3 is 10.2 Å². The number of carbonyl (C=O) groups is 1. The zero-order valence-corrected chi connectivity index (χ0v) is 8.39. The van der Waals surface area contributed by atoms with Crippen molar-refractivity contribution >= 4 is 39.0 Å². The van der Waals surface area contributed by atoms with Crippen LogP contribution in [0.25, 0.3) is 10.1 Å². The lowest BCUT2D eigenvalue weighted by Crippen LogP contribution is -1.96. The summed E-state index contributed by atoms with van der Waals surface area (Å²) in [6.45, 7) is 0. The normalized spacial score (nSPS) is 10.6. The number of fused-ring (bicyclic) bond motifs is 1. The predicted octanol–water partition coefficient (Wildman–Crippen LogP) is 2.96. The predicted molar refractivity (Wildman–Crippen MR) is 55.5 cm³/mol. The average molecular weight is 229 g/mol. The maximum atomic E-state index is 10.7. The minimum atomic E-state index is -1.18. The van der Waals surface area contributed by atoms with Gasteiger partial charge in [-0.3, -0.25) is 0 Å². The van der Waals surface area contributed by atoms with Crippen LogP contribution in [-0.2, 0) is 0 Å². The summed E-state index contributed by atoms with van der Waals surface area (Å²) >= 11 is 7.11. The molecule has 0 bridgehead atoms. The Balaban J connectivity index is 2.88. The van der Waals surface area contributed by atoms with Crippen LogP contribution in [0.1, 0.15) is 10.4 Å². The fourth-order valence-corrected chi connectivity index (χ4v) is 2.43. The van der Waals surface area contributed by atoms with Gasteiger partial charge in [0.05, 0.1) is 9.72 Å². The second kappa shape index (κ2) is 3.15. The molecule has 1 aromatic carbocycles. The van der Waals surface area contributed by atoms with Crippen molar-refractivity contribution in [2.75, 3.05) is 0 Å². The highest BCUT2D eigenvalue weighted by Gasteiger charge is 2.16. The molecular weight excluding hydrogens is 224 g/mol. The van der Waals surface area contributed by atoms with Crippen molar-refractivity contribution in [1.82, 2.24) is 0 Å². The van der Waals surface area contributed by atoms with E-state index in [-0.39, 0.29) is 11.3 Å². The van der Waals surface area contributed by atoms with Crippen LogP contribution in [0.15, 0.2) is 17.5 Å². The first-order chi connectivity index (χ1) is 6.61. The highest BCUT2D eigenvalue weighted by Crippen LogP contribution is 2.37. The Bertz CT molecular complexity index is 518. The number of aromatic carboxylic acids is 1. The lowest BCUT2D eigenvalue weighted by molar-refractivity contribution is 0.0694. The zero-order valence-electron chi connectivity index (χ0n) is 6.82. The molecule has 2 N–H and O–H groups in total. The summed E-state index contributed by atoms with van der Waals surface area (Å²) in [5.74, 6) is -1.40. The lowest BCUT2D eigenvalue weighted by atomic mass is 10.1. The third-order valence-corrected chi connectivity index (χ3v) is 3.13. The maximum Gasteiger partial charge on any atom is 0.339 e. The van der Waals surface area contributed by atoms with Gasteiger partial charge in [0.2, 0.25) is 0 Å². The van der Waals surface area contributed by atoms with Crippen molar-refractivity contribution in [2.24, 2.45) is 0 Å². The Morgan fingerprint density at radius 2 is 2.21 bits per heavy atom. The molecular formula is C9H5ClO3S. The number of benzene rings is 1. The fraction of sp³-hybridized carbons (Fsp3) is 0. The molecule has 0 spiro atoms. The third kappa shape index (κ3) is 1.23. The Labute approximate surface area is 88.2 Å². The fourth-order valence-electron chi connectivity index (χ4n) is 1.24. The summed E-state index contributed by atoms with van der Waals surface area (Å²) in [6.07, 6.45) is 0. The molecule has 0 radical (unpaired) electrons. The van der Waals surface area contributed by atoms with E-state index in [1.807, 2.05) is 0 Å². The molecule has 2 rings (SSSR count). The number of carboxylic acid groups (broad SMARTS) is 1. The molecule has 2 aromatic rings. The molecule has 0 fully saturated rings. The van der Waals surface area contributed by atoms with Gasteiger partial charge in [-0.15, -0.1) is 11.3 Å². The van der Waals surface area contributed by atoms with Crippen LogP contribution in [0.2, 0.25) is 5.02 Å². The van der Waals surface area contributed by atoms with E-state index in [4.69, 9.17) is 16.7 Å². The summed E-state index contributed by atoms with van der Waals surface area (Å²) < 4.78 is 0.509. The van der Waals surface area contributed by atoms with Gasteiger partial charge in [-0.2, -0.15) is 0 Å². The van der Waals surface area contributed by atoms with Gasteiger partial charge in [0.15, 0.2) is 0 Å². The molecule has 0 aliphatic carbocycles. The van der Waals surface area contributed by atoms with Gasteiger partial charge in [-0.25, -0.2) is 4.79 Å². The highest BCUT2D eigenvalue weighted by molar-refractivity contribution is 7.17. The quantitative estimate of drug-likeness (QED) is 0.789. The third-order valence-electron chi connectivity index (χ3n) is 1.89. The van der Waals surface area contributed by atoms with E-state index in [9.17, 15) is 9.90 Å². The SMILES string of the molecule is O=C(O)c1cc(Cl)c2ccsc2c1O. The summed E-state index contributed by atoms with van der Waals surface area (Å²) in [4.78, 5) is 10.7. The van der Waals surface area contributed by atoms with Gasteiger partial charge in [0.25, 0.3) is 0 Å². The van der Waals surface area contributed by atoms with Crippen LogP contribution >= 0.6 is 22.9 Å². The Morgan fingerprint density at radius 3 is 2.86 bits per heavy atom. The number of rotatable bonds is 1. The van der Waals surface area contributed by atoms with E-state index >= 15 is 0 Å². The first-order valence-electron chi connectivity index (χ1n) is 3.73. The minimum Gasteiger partial charge on any atom is -0.506 e. The van der Waals surface area contributed by atoms with Crippen molar-refractivity contribution in [3.63, 3.8) is 0 Å². The molecule has 3 nitrogen and oxygen atoms in total. The van der Waals surface area contributed by atoms with Crippen molar-refractivity contribution in [3.05, 3.63) is 28.1 Å². The van der Waals surface area contributed by atoms with Crippen molar-refractivity contribution in [1.29, 1.82) is 0 Å². The van der Waals surface area contributed by atoms with Gasteiger partial charge in [-0.1, -0.05) is 11.6 Å². The number of halogens is 1. The molecule has 0 aliphatic heterocycles. The smallest absolute Gasteiger partial charge is 0.339 e. The second-order valence-corrected chi connectivity index (χ2v) is 4.05. The van der Waals surface area contributed by atoms with Gasteiger partial charge in [0.1, 0.15) is 11.3 Å². The van der Waals surface area contributed by atoms with Crippen molar-refractivity contribution in [2.45, 2.75) is 0 Å². The molecule has 0 amide bonds. The zero-order chi connectivity index (χ0) is 10.3. The van der Waals surface area contributed by atoms with E-state index < -0.39 is 5.97 Å². The minimum absolute atomic E-state index is 0.162. The molecule has 0 atom stereocenters. The van der Waals surface area contributed by atoms with Gasteiger partial charge in [0, 0.05) is 5.39 Å². The van der Waals surface area contributed by atoms with Gasteiger partial charge in [-0.05, 0) is 17.5 Å². The van der Waals surface area contributed by atoms with Gasteiger partial charge >= 0.3 is 5.97 Å². The Kier molecular flexibility index (Phi) is 2.09. The van der Waals surface area contributed by atoms with E-state index in [2.05, 4.69) is 0 Å². The number of carboxylic acids is 1. The molecule has 5 heteroatoms. The van der Waals surface area contributed by atoms with Crippen molar-refractivity contribution in [3.8, 4) is 5.75 Å². The lowest BCUT2D eigenvalue weighted by Gasteiger charge is -2.02. The van der Waals surface area contributed by atoms with Crippen LogP contribution in [0.3, 0.4) is 0 Å². The standard InChI is InChI=1S/C9H5ClO3S/c10-6-3-5(9(12)13)7(11)8-4(6)1-2-14-8/h1-3,11H,(H,12,13). The number of aromatic hydroxyl groups is 1. The first-order valence-corrected chi connectivity index (χ1v) is 4.99. The molecule has 0 saturated carbocycles. The summed E-state index contributed by atoms with van der Waals surface area (Å²) in [5, 5.41) is 21.2. The van der Waals surface area contributed by atoms with Crippen LogP contribution in [0.4, 0.5) is 0 Å². The summed E-state index contributed by atoms with van der Waals surface area (Å²) in [5.41, 5.74) is -0.162. The summed E-state index contributed by atoms with van der Waals surface area (Å²) in [7, 11) is 0. The second-order valence-electron chi connectivity index (χ2n) is 2.72. The Hall–Kier alpha value is -1.26. The monoisotopic (exact) mass is 228 g/mol. The van der Waals surface area contributed by atoms with Crippen LogP contribution in [0, 0.1) is 0 Å². The molecule has 0 aliphatic rings. The molecule has 1 heterocycles. The van der Waals surface area contributed by atoms with E-state index in [1.165, 1.54) is 17.4 Å². The Morgan fingerprint density at radius 1 is 1.50 bits per heavy atom. The number of hydrogen-bond acceptors (Lipinski definition) is 3. The molecule has 1 aromatic heterocycles. The van der Waals surface area contributed by atoms with E-state index in [0.29, 0.717) is 15.1 Å². The highest BCUT2D eigenvalue weighted by atomic mass is 35.5. The number of hydrogen-bond donors (Lipinski definition) is 2.